The average molecular weight is 236 g/mol. The Morgan fingerprint density at radius 2 is 1.94 bits per heavy atom. The van der Waals surface area contributed by atoms with Gasteiger partial charge in [0.15, 0.2) is 0 Å². The van der Waals surface area contributed by atoms with Crippen molar-refractivity contribution in [2.75, 3.05) is 7.11 Å². The first-order chi connectivity index (χ1) is 8.21. The molecule has 1 rings (SSSR count). The van der Waals surface area contributed by atoms with Crippen molar-refractivity contribution in [3.8, 4) is 0 Å². The summed E-state index contributed by atoms with van der Waals surface area (Å²) in [6, 6.07) is 8.04. The van der Waals surface area contributed by atoms with Crippen LogP contribution in [0.1, 0.15) is 50.3 Å². The minimum atomic E-state index is -0.350. The third kappa shape index (κ3) is 4.49. The number of rotatable bonds is 7. The highest BCUT2D eigenvalue weighted by Crippen LogP contribution is 2.25. The maximum Gasteiger partial charge on any atom is 0.0792 e. The second-order valence-electron chi connectivity index (χ2n) is 4.61. The fraction of sp³-hybridized carbons (Fsp3) is 0.600. The van der Waals surface area contributed by atoms with Gasteiger partial charge in [0, 0.05) is 7.11 Å². The van der Waals surface area contributed by atoms with Crippen molar-refractivity contribution < 1.29 is 9.84 Å². The maximum absolute atomic E-state index is 10.2. The largest absolute Gasteiger partial charge is 0.388 e. The molecule has 1 N–H and O–H groups in total. The normalized spacial score (nSPS) is 13.0. The Labute approximate surface area is 105 Å². The zero-order chi connectivity index (χ0) is 12.7. The number of hydrogen-bond donors (Lipinski definition) is 1. The minimum absolute atomic E-state index is 0.350. The molecule has 0 saturated heterocycles. The van der Waals surface area contributed by atoms with Crippen LogP contribution < -0.4 is 0 Å². The topological polar surface area (TPSA) is 29.5 Å². The zero-order valence-electron chi connectivity index (χ0n) is 11.1. The van der Waals surface area contributed by atoms with Crippen LogP contribution in [-0.2, 0) is 11.3 Å². The van der Waals surface area contributed by atoms with Crippen LogP contribution in [0.15, 0.2) is 24.3 Å². The number of benzene rings is 1. The fourth-order valence-electron chi connectivity index (χ4n) is 2.13. The fourth-order valence-corrected chi connectivity index (χ4v) is 2.13. The lowest BCUT2D eigenvalue weighted by Gasteiger charge is -2.18. The van der Waals surface area contributed by atoms with Crippen molar-refractivity contribution in [3.05, 3.63) is 35.4 Å². The van der Waals surface area contributed by atoms with E-state index in [2.05, 4.69) is 13.8 Å². The van der Waals surface area contributed by atoms with Crippen LogP contribution >= 0.6 is 0 Å². The van der Waals surface area contributed by atoms with Gasteiger partial charge in [-0.05, 0) is 23.5 Å². The van der Waals surface area contributed by atoms with Crippen LogP contribution in [0, 0.1) is 5.92 Å². The van der Waals surface area contributed by atoms with Gasteiger partial charge in [0.25, 0.3) is 0 Å². The van der Waals surface area contributed by atoms with Gasteiger partial charge in [0.1, 0.15) is 0 Å². The highest BCUT2D eigenvalue weighted by atomic mass is 16.5. The molecule has 0 aliphatic heterocycles. The predicted molar refractivity (Wildman–Crippen MR) is 70.8 cm³/mol. The molecule has 1 aromatic carbocycles. The molecule has 1 unspecified atom stereocenters. The lowest BCUT2D eigenvalue weighted by Crippen LogP contribution is -2.06. The van der Waals surface area contributed by atoms with E-state index in [4.69, 9.17) is 4.74 Å². The Morgan fingerprint density at radius 1 is 1.24 bits per heavy atom. The van der Waals surface area contributed by atoms with E-state index in [9.17, 15) is 5.11 Å². The van der Waals surface area contributed by atoms with Gasteiger partial charge in [-0.25, -0.2) is 0 Å². The number of ether oxygens (including phenoxy) is 1. The number of aliphatic hydroxyl groups is 1. The molecule has 1 atom stereocenters. The van der Waals surface area contributed by atoms with E-state index < -0.39 is 0 Å². The summed E-state index contributed by atoms with van der Waals surface area (Å²) in [5.74, 6) is 0.607. The van der Waals surface area contributed by atoms with E-state index in [1.54, 1.807) is 7.11 Å². The number of aliphatic hydroxyl groups excluding tert-OH is 1. The molecule has 0 aliphatic rings. The summed E-state index contributed by atoms with van der Waals surface area (Å²) in [4.78, 5) is 0. The first kappa shape index (κ1) is 14.2. The Kier molecular flexibility index (Phi) is 6.23. The van der Waals surface area contributed by atoms with Crippen molar-refractivity contribution in [1.29, 1.82) is 0 Å². The second-order valence-corrected chi connectivity index (χ2v) is 4.61. The summed E-state index contributed by atoms with van der Waals surface area (Å²) in [5, 5.41) is 10.2. The maximum atomic E-state index is 10.2. The zero-order valence-corrected chi connectivity index (χ0v) is 11.1. The first-order valence-corrected chi connectivity index (χ1v) is 6.47. The van der Waals surface area contributed by atoms with Gasteiger partial charge in [-0.15, -0.1) is 0 Å². The van der Waals surface area contributed by atoms with E-state index in [1.807, 2.05) is 24.3 Å². The molecular weight excluding hydrogens is 212 g/mol. The van der Waals surface area contributed by atoms with Gasteiger partial charge in [-0.2, -0.15) is 0 Å². The molecule has 0 amide bonds. The molecule has 0 heterocycles. The Balaban J connectivity index is 2.67. The van der Waals surface area contributed by atoms with E-state index in [-0.39, 0.29) is 6.10 Å². The Morgan fingerprint density at radius 3 is 2.53 bits per heavy atom. The minimum Gasteiger partial charge on any atom is -0.388 e. The summed E-state index contributed by atoms with van der Waals surface area (Å²) in [7, 11) is 1.69. The standard InChI is InChI=1S/C15H24O2/c1-4-12(5-2)10-15(16)14-8-6-7-13(9-14)11-17-3/h6-9,12,15-16H,4-5,10-11H2,1-3H3. The molecule has 1 aromatic rings. The summed E-state index contributed by atoms with van der Waals surface area (Å²) in [5.41, 5.74) is 2.13. The summed E-state index contributed by atoms with van der Waals surface area (Å²) in [6.45, 7) is 4.97. The van der Waals surface area contributed by atoms with Gasteiger partial charge in [-0.3, -0.25) is 0 Å². The predicted octanol–water partition coefficient (Wildman–Crippen LogP) is 3.69. The molecular formula is C15H24O2. The van der Waals surface area contributed by atoms with Crippen molar-refractivity contribution in [3.63, 3.8) is 0 Å². The molecule has 2 heteroatoms. The van der Waals surface area contributed by atoms with E-state index in [0.29, 0.717) is 12.5 Å². The average Bonchev–Trinajstić information content (AvgIpc) is 2.36. The van der Waals surface area contributed by atoms with Crippen LogP contribution in [-0.4, -0.2) is 12.2 Å². The molecule has 0 fully saturated rings. The van der Waals surface area contributed by atoms with Gasteiger partial charge < -0.3 is 9.84 Å². The lowest BCUT2D eigenvalue weighted by atomic mass is 9.92. The SMILES string of the molecule is CCC(CC)CC(O)c1cccc(COC)c1. The number of hydrogen-bond acceptors (Lipinski definition) is 2. The molecule has 96 valence electrons. The van der Waals surface area contributed by atoms with Crippen molar-refractivity contribution >= 4 is 0 Å². The molecule has 2 nitrogen and oxygen atoms in total. The van der Waals surface area contributed by atoms with Gasteiger partial charge in [0.2, 0.25) is 0 Å². The highest BCUT2D eigenvalue weighted by molar-refractivity contribution is 5.24. The van der Waals surface area contributed by atoms with E-state index >= 15 is 0 Å². The quantitative estimate of drug-likeness (QED) is 0.782. The Bertz CT molecular complexity index is 318. The van der Waals surface area contributed by atoms with Gasteiger partial charge in [-0.1, -0.05) is 51.0 Å². The van der Waals surface area contributed by atoms with E-state index in [0.717, 1.165) is 30.4 Å². The summed E-state index contributed by atoms with van der Waals surface area (Å²) < 4.78 is 5.10. The van der Waals surface area contributed by atoms with Gasteiger partial charge in [0.05, 0.1) is 12.7 Å². The van der Waals surface area contributed by atoms with Crippen molar-refractivity contribution in [2.45, 2.75) is 45.8 Å². The molecule has 0 spiro atoms. The summed E-state index contributed by atoms with van der Waals surface area (Å²) >= 11 is 0. The second kappa shape index (κ2) is 7.46. The van der Waals surface area contributed by atoms with Crippen LogP contribution in [0.5, 0.6) is 0 Å². The third-order valence-corrected chi connectivity index (χ3v) is 3.36. The molecule has 0 saturated carbocycles. The molecule has 17 heavy (non-hydrogen) atoms. The molecule has 0 aromatic heterocycles. The van der Waals surface area contributed by atoms with Crippen molar-refractivity contribution in [1.82, 2.24) is 0 Å². The molecule has 0 bridgehead atoms. The number of methoxy groups -OCH3 is 1. The first-order valence-electron chi connectivity index (χ1n) is 6.47. The third-order valence-electron chi connectivity index (χ3n) is 3.36. The summed E-state index contributed by atoms with van der Waals surface area (Å²) in [6.07, 6.45) is 2.76. The molecule has 0 radical (unpaired) electrons. The van der Waals surface area contributed by atoms with Crippen LogP contribution in [0.3, 0.4) is 0 Å². The monoisotopic (exact) mass is 236 g/mol. The van der Waals surface area contributed by atoms with E-state index in [1.165, 1.54) is 0 Å². The van der Waals surface area contributed by atoms with Crippen LogP contribution in [0.4, 0.5) is 0 Å². The van der Waals surface area contributed by atoms with Crippen LogP contribution in [0.25, 0.3) is 0 Å². The Hall–Kier alpha value is -0.860. The smallest absolute Gasteiger partial charge is 0.0792 e. The van der Waals surface area contributed by atoms with Crippen LogP contribution in [0.2, 0.25) is 0 Å². The molecule has 0 aliphatic carbocycles. The highest BCUT2D eigenvalue weighted by Gasteiger charge is 2.13. The lowest BCUT2D eigenvalue weighted by molar-refractivity contribution is 0.140. The van der Waals surface area contributed by atoms with Gasteiger partial charge >= 0.3 is 0 Å². The van der Waals surface area contributed by atoms with Crippen molar-refractivity contribution in [2.24, 2.45) is 5.92 Å².